The Morgan fingerprint density at radius 1 is 1.00 bits per heavy atom. The molecule has 0 aliphatic carbocycles. The lowest BCUT2D eigenvalue weighted by Gasteiger charge is -2.10. The van der Waals surface area contributed by atoms with E-state index in [9.17, 15) is 18.0 Å². The highest BCUT2D eigenvalue weighted by Gasteiger charge is 2.34. The molecule has 0 aliphatic rings. The topological polar surface area (TPSA) is 58.6 Å². The van der Waals surface area contributed by atoms with Crippen LogP contribution in [-0.4, -0.2) is 15.0 Å². The molecule has 0 fully saturated rings. The van der Waals surface area contributed by atoms with Crippen LogP contribution in [0.25, 0.3) is 32.9 Å². The van der Waals surface area contributed by atoms with Crippen LogP contribution in [0.15, 0.2) is 59.5 Å². The predicted octanol–water partition coefficient (Wildman–Crippen LogP) is 4.16. The van der Waals surface area contributed by atoms with E-state index in [0.717, 1.165) is 10.9 Å². The lowest BCUT2D eigenvalue weighted by molar-refractivity contribution is -0.144. The van der Waals surface area contributed by atoms with E-state index in [-0.39, 0.29) is 10.9 Å². The first-order chi connectivity index (χ1) is 11.9. The summed E-state index contributed by atoms with van der Waals surface area (Å²) in [4.78, 5) is 21.7. The van der Waals surface area contributed by atoms with Gasteiger partial charge in [-0.15, -0.1) is 0 Å². The van der Waals surface area contributed by atoms with Gasteiger partial charge in [0, 0.05) is 22.7 Å². The van der Waals surface area contributed by atoms with Crippen LogP contribution in [0.5, 0.6) is 0 Å². The van der Waals surface area contributed by atoms with Gasteiger partial charge in [-0.05, 0) is 18.2 Å². The van der Waals surface area contributed by atoms with Gasteiger partial charge in [0.15, 0.2) is 0 Å². The van der Waals surface area contributed by atoms with Crippen LogP contribution in [0.4, 0.5) is 13.2 Å². The number of benzene rings is 2. The van der Waals surface area contributed by atoms with Crippen LogP contribution < -0.4 is 5.56 Å². The first kappa shape index (κ1) is 15.3. The molecule has 2 aromatic carbocycles. The van der Waals surface area contributed by atoms with E-state index in [4.69, 9.17) is 0 Å². The molecule has 2 heterocycles. The fourth-order valence-corrected chi connectivity index (χ4v) is 2.77. The van der Waals surface area contributed by atoms with Gasteiger partial charge in [0.2, 0.25) is 5.82 Å². The van der Waals surface area contributed by atoms with Gasteiger partial charge in [0.25, 0.3) is 5.56 Å². The molecule has 1 N–H and O–H groups in total. The summed E-state index contributed by atoms with van der Waals surface area (Å²) in [6, 6.07) is 13.9. The minimum Gasteiger partial charge on any atom is -0.335 e. The number of aromatic nitrogens is 3. The monoisotopic (exact) mass is 341 g/mol. The Morgan fingerprint density at radius 3 is 2.60 bits per heavy atom. The fraction of sp³-hybridized carbons (Fsp3) is 0.0556. The number of rotatable bonds is 1. The van der Waals surface area contributed by atoms with E-state index in [1.54, 1.807) is 18.3 Å². The molecule has 0 bridgehead atoms. The van der Waals surface area contributed by atoms with Crippen molar-refractivity contribution in [3.05, 3.63) is 70.9 Å². The maximum absolute atomic E-state index is 13.0. The highest BCUT2D eigenvalue weighted by Crippen LogP contribution is 2.30. The average molecular weight is 341 g/mol. The standard InChI is InChI=1S/C18H10F3N3O/c19-18(20,21)17-23-15-12(5-3-6-13(15)16(25)24-17)11-8-10-4-1-2-7-14(10)22-9-11/h1-9H,(H,23,24,25). The van der Waals surface area contributed by atoms with Crippen molar-refractivity contribution in [1.29, 1.82) is 0 Å². The number of H-pyrrole nitrogens is 1. The molecule has 0 amide bonds. The Hall–Kier alpha value is -3.22. The van der Waals surface area contributed by atoms with Crippen LogP contribution in [-0.2, 0) is 6.18 Å². The molecule has 0 saturated carbocycles. The second-order valence-corrected chi connectivity index (χ2v) is 5.53. The molecule has 0 radical (unpaired) electrons. The quantitative estimate of drug-likeness (QED) is 0.566. The third-order valence-corrected chi connectivity index (χ3v) is 3.92. The van der Waals surface area contributed by atoms with Crippen molar-refractivity contribution in [2.45, 2.75) is 6.18 Å². The molecular formula is C18H10F3N3O. The van der Waals surface area contributed by atoms with Gasteiger partial charge in [0.1, 0.15) is 0 Å². The van der Waals surface area contributed by atoms with E-state index in [2.05, 4.69) is 15.0 Å². The minimum atomic E-state index is -4.73. The van der Waals surface area contributed by atoms with Gasteiger partial charge in [-0.3, -0.25) is 9.78 Å². The van der Waals surface area contributed by atoms with Crippen molar-refractivity contribution in [3.8, 4) is 11.1 Å². The first-order valence-electron chi connectivity index (χ1n) is 7.39. The van der Waals surface area contributed by atoms with E-state index < -0.39 is 17.6 Å². The van der Waals surface area contributed by atoms with Crippen molar-refractivity contribution in [2.75, 3.05) is 0 Å². The molecular weight excluding hydrogens is 331 g/mol. The van der Waals surface area contributed by atoms with Gasteiger partial charge in [-0.25, -0.2) is 0 Å². The number of pyridine rings is 1. The second kappa shape index (κ2) is 5.41. The molecule has 25 heavy (non-hydrogen) atoms. The molecule has 0 aliphatic heterocycles. The van der Waals surface area contributed by atoms with Crippen molar-refractivity contribution >= 4 is 21.8 Å². The lowest BCUT2D eigenvalue weighted by Crippen LogP contribution is -2.19. The fourth-order valence-electron chi connectivity index (χ4n) is 2.77. The minimum absolute atomic E-state index is 0.0897. The number of fused-ring (bicyclic) bond motifs is 2. The Labute approximate surface area is 139 Å². The lowest BCUT2D eigenvalue weighted by atomic mass is 10.0. The summed E-state index contributed by atoms with van der Waals surface area (Å²) in [6.45, 7) is 0. The van der Waals surface area contributed by atoms with E-state index in [0.29, 0.717) is 11.1 Å². The Bertz CT molecular complexity index is 1170. The first-order valence-corrected chi connectivity index (χ1v) is 7.39. The molecule has 0 spiro atoms. The van der Waals surface area contributed by atoms with Crippen LogP contribution in [0.2, 0.25) is 0 Å². The number of alkyl halides is 3. The van der Waals surface area contributed by atoms with E-state index >= 15 is 0 Å². The second-order valence-electron chi connectivity index (χ2n) is 5.53. The van der Waals surface area contributed by atoms with Gasteiger partial charge < -0.3 is 4.98 Å². The van der Waals surface area contributed by atoms with Gasteiger partial charge >= 0.3 is 6.18 Å². The Balaban J connectivity index is 2.03. The molecule has 0 saturated heterocycles. The van der Waals surface area contributed by atoms with Crippen molar-refractivity contribution in [2.24, 2.45) is 0 Å². The zero-order valence-corrected chi connectivity index (χ0v) is 12.6. The van der Waals surface area contributed by atoms with E-state index in [1.165, 1.54) is 6.07 Å². The van der Waals surface area contributed by atoms with Crippen LogP contribution in [0.1, 0.15) is 5.82 Å². The number of halogens is 3. The number of nitrogens with zero attached hydrogens (tertiary/aromatic N) is 2. The molecule has 124 valence electrons. The summed E-state index contributed by atoms with van der Waals surface area (Å²) in [5, 5.41) is 0.947. The van der Waals surface area contributed by atoms with Crippen LogP contribution >= 0.6 is 0 Å². The number of aromatic amines is 1. The summed E-state index contributed by atoms with van der Waals surface area (Å²) in [6.07, 6.45) is -3.16. The smallest absolute Gasteiger partial charge is 0.335 e. The van der Waals surface area contributed by atoms with Crippen molar-refractivity contribution in [1.82, 2.24) is 15.0 Å². The molecule has 4 nitrogen and oxygen atoms in total. The predicted molar refractivity (Wildman–Crippen MR) is 88.1 cm³/mol. The highest BCUT2D eigenvalue weighted by atomic mass is 19.4. The number of nitrogens with one attached hydrogen (secondary N) is 1. The Morgan fingerprint density at radius 2 is 1.80 bits per heavy atom. The largest absolute Gasteiger partial charge is 0.449 e. The molecule has 2 aromatic heterocycles. The summed E-state index contributed by atoms with van der Waals surface area (Å²) < 4.78 is 39.0. The molecule has 0 atom stereocenters. The maximum atomic E-state index is 13.0. The average Bonchev–Trinajstić information content (AvgIpc) is 2.60. The van der Waals surface area contributed by atoms with Crippen LogP contribution in [0.3, 0.4) is 0 Å². The maximum Gasteiger partial charge on any atom is 0.449 e. The highest BCUT2D eigenvalue weighted by molar-refractivity contribution is 5.95. The van der Waals surface area contributed by atoms with Gasteiger partial charge in [-0.1, -0.05) is 30.3 Å². The third kappa shape index (κ3) is 2.63. The van der Waals surface area contributed by atoms with Gasteiger partial charge in [0.05, 0.1) is 16.4 Å². The zero-order chi connectivity index (χ0) is 17.6. The van der Waals surface area contributed by atoms with Crippen LogP contribution in [0, 0.1) is 0 Å². The normalized spacial score (nSPS) is 12.0. The van der Waals surface area contributed by atoms with E-state index in [1.807, 2.05) is 30.3 Å². The SMILES string of the molecule is O=c1nc(C(F)(F)F)[nH]c2c(-c3cnc4ccccc4c3)cccc12. The zero-order valence-electron chi connectivity index (χ0n) is 12.6. The molecule has 4 rings (SSSR count). The number of hydrogen-bond donors (Lipinski definition) is 1. The third-order valence-electron chi connectivity index (χ3n) is 3.92. The summed E-state index contributed by atoms with van der Waals surface area (Å²) in [5.74, 6) is -1.31. The Kier molecular flexibility index (Phi) is 3.31. The number of hydrogen-bond acceptors (Lipinski definition) is 3. The van der Waals surface area contributed by atoms with Crippen molar-refractivity contribution < 1.29 is 13.2 Å². The number of para-hydroxylation sites is 2. The van der Waals surface area contributed by atoms with Gasteiger partial charge in [-0.2, -0.15) is 18.2 Å². The molecule has 0 unspecified atom stereocenters. The summed E-state index contributed by atoms with van der Waals surface area (Å²) in [5.41, 5.74) is 1.02. The summed E-state index contributed by atoms with van der Waals surface area (Å²) in [7, 11) is 0. The molecule has 7 heteroatoms. The molecule has 4 aromatic rings. The van der Waals surface area contributed by atoms with Crippen molar-refractivity contribution in [3.63, 3.8) is 0 Å². The summed E-state index contributed by atoms with van der Waals surface area (Å²) >= 11 is 0.